The van der Waals surface area contributed by atoms with Crippen LogP contribution in [-0.2, 0) is 28.9 Å². The van der Waals surface area contributed by atoms with Crippen molar-refractivity contribution in [3.8, 4) is 0 Å². The monoisotopic (exact) mass is 316 g/mol. The molecular weight excluding hydrogens is 296 g/mol. The first-order chi connectivity index (χ1) is 8.37. The van der Waals surface area contributed by atoms with Gasteiger partial charge in [-0.3, -0.25) is 9.48 Å². The molecule has 4 nitrogen and oxygen atoms in total. The van der Waals surface area contributed by atoms with E-state index in [1.165, 1.54) is 0 Å². The van der Waals surface area contributed by atoms with Crippen molar-refractivity contribution in [1.29, 1.82) is 0 Å². The first-order valence-electron chi connectivity index (χ1n) is 6.19. The minimum Gasteiger partial charge on any atom is -0.371 e. The number of ether oxygens (including phenoxy) is 1. The first kappa shape index (κ1) is 15.4. The van der Waals surface area contributed by atoms with Crippen molar-refractivity contribution in [2.45, 2.75) is 52.7 Å². The van der Waals surface area contributed by atoms with Gasteiger partial charge in [-0.05, 0) is 43.1 Å². The second-order valence-electron chi connectivity index (χ2n) is 4.69. The van der Waals surface area contributed by atoms with E-state index in [9.17, 15) is 4.79 Å². The van der Waals surface area contributed by atoms with Gasteiger partial charge in [-0.15, -0.1) is 0 Å². The highest BCUT2D eigenvalue weighted by Gasteiger charge is 2.29. The average molecular weight is 317 g/mol. The number of carbonyl (C=O) groups is 1. The Morgan fingerprint density at radius 2 is 2.06 bits per heavy atom. The van der Waals surface area contributed by atoms with E-state index in [1.807, 2.05) is 11.6 Å². The van der Waals surface area contributed by atoms with Crippen molar-refractivity contribution in [3.05, 3.63) is 15.9 Å². The highest BCUT2D eigenvalue weighted by molar-refractivity contribution is 9.10. The lowest BCUT2D eigenvalue weighted by atomic mass is 9.99. The summed E-state index contributed by atoms with van der Waals surface area (Å²) in [6.45, 7) is 8.41. The maximum Gasteiger partial charge on any atom is 0.169 e. The Hall–Kier alpha value is -0.680. The maximum atomic E-state index is 12.2. The van der Waals surface area contributed by atoms with Gasteiger partial charge in [0, 0.05) is 13.7 Å². The third-order valence-electron chi connectivity index (χ3n) is 3.20. The topological polar surface area (TPSA) is 44.1 Å². The molecule has 0 spiro atoms. The van der Waals surface area contributed by atoms with Crippen LogP contribution in [0, 0.1) is 0 Å². The third kappa shape index (κ3) is 3.01. The van der Waals surface area contributed by atoms with Gasteiger partial charge in [-0.1, -0.05) is 6.92 Å². The molecule has 1 aromatic rings. The predicted octanol–water partition coefficient (Wildman–Crippen LogP) is 2.76. The van der Waals surface area contributed by atoms with Crippen LogP contribution in [0.5, 0.6) is 0 Å². The molecule has 0 amide bonds. The van der Waals surface area contributed by atoms with Gasteiger partial charge in [0.05, 0.1) is 22.3 Å². The summed E-state index contributed by atoms with van der Waals surface area (Å²) in [6.07, 6.45) is 1.19. The Bertz CT molecular complexity index is 438. The summed E-state index contributed by atoms with van der Waals surface area (Å²) in [6, 6.07) is 0. The zero-order valence-electron chi connectivity index (χ0n) is 11.7. The Kier molecular flexibility index (Phi) is 5.10. The lowest BCUT2D eigenvalue weighted by Gasteiger charge is -2.21. The van der Waals surface area contributed by atoms with Crippen molar-refractivity contribution in [2.75, 3.05) is 7.11 Å². The summed E-state index contributed by atoms with van der Waals surface area (Å²) >= 11 is 3.54. The number of aryl methyl sites for hydroxylation is 2. The van der Waals surface area contributed by atoms with Crippen molar-refractivity contribution >= 4 is 21.7 Å². The van der Waals surface area contributed by atoms with Crippen LogP contribution in [0.15, 0.2) is 4.47 Å². The van der Waals surface area contributed by atoms with E-state index in [2.05, 4.69) is 28.0 Å². The molecule has 1 rings (SSSR count). The van der Waals surface area contributed by atoms with E-state index < -0.39 is 5.60 Å². The molecule has 0 atom stereocenters. The number of hydrogen-bond acceptors (Lipinski definition) is 3. The summed E-state index contributed by atoms with van der Waals surface area (Å²) < 4.78 is 8.06. The summed E-state index contributed by atoms with van der Waals surface area (Å²) in [5, 5.41) is 4.48. The number of hydrogen-bond donors (Lipinski definition) is 0. The van der Waals surface area contributed by atoms with E-state index in [-0.39, 0.29) is 5.78 Å². The zero-order valence-corrected chi connectivity index (χ0v) is 13.3. The highest BCUT2D eigenvalue weighted by atomic mass is 79.9. The fourth-order valence-corrected chi connectivity index (χ4v) is 2.37. The smallest absolute Gasteiger partial charge is 0.169 e. The molecule has 1 aromatic heterocycles. The molecule has 0 unspecified atom stereocenters. The standard InChI is InChI=1S/C13H21BrN2O2/c1-6-9-12(14)10(16(7-2)15-9)8-11(17)13(3,4)18-5/h6-8H2,1-5H3. The van der Waals surface area contributed by atoms with Crippen molar-refractivity contribution < 1.29 is 9.53 Å². The molecule has 0 radical (unpaired) electrons. The van der Waals surface area contributed by atoms with E-state index in [0.29, 0.717) is 6.42 Å². The SMILES string of the molecule is CCc1nn(CC)c(CC(=O)C(C)(C)OC)c1Br. The number of Topliss-reactive ketones (excluding diaryl/α,β-unsaturated/α-hetero) is 1. The van der Waals surface area contributed by atoms with Crippen molar-refractivity contribution in [3.63, 3.8) is 0 Å². The first-order valence-corrected chi connectivity index (χ1v) is 6.99. The largest absolute Gasteiger partial charge is 0.371 e. The van der Waals surface area contributed by atoms with Crippen LogP contribution in [-0.4, -0.2) is 28.3 Å². The van der Waals surface area contributed by atoms with Crippen LogP contribution in [0.3, 0.4) is 0 Å². The third-order valence-corrected chi connectivity index (χ3v) is 4.12. The van der Waals surface area contributed by atoms with Gasteiger partial charge in [-0.25, -0.2) is 0 Å². The molecule has 0 aromatic carbocycles. The number of ketones is 1. The summed E-state index contributed by atoms with van der Waals surface area (Å²) in [5.41, 5.74) is 1.17. The van der Waals surface area contributed by atoms with Crippen molar-refractivity contribution in [1.82, 2.24) is 9.78 Å². The molecule has 0 bridgehead atoms. The molecule has 0 aliphatic heterocycles. The summed E-state index contributed by atoms with van der Waals surface area (Å²) in [5.74, 6) is 0.0583. The van der Waals surface area contributed by atoms with Crippen LogP contribution in [0.2, 0.25) is 0 Å². The minimum atomic E-state index is -0.755. The maximum absolute atomic E-state index is 12.2. The molecule has 5 heteroatoms. The Balaban J connectivity index is 3.04. The average Bonchev–Trinajstić information content (AvgIpc) is 2.66. The predicted molar refractivity (Wildman–Crippen MR) is 74.8 cm³/mol. The second kappa shape index (κ2) is 5.97. The van der Waals surface area contributed by atoms with Gasteiger partial charge in [0.15, 0.2) is 5.78 Å². The Morgan fingerprint density at radius 3 is 2.50 bits per heavy atom. The lowest BCUT2D eigenvalue weighted by molar-refractivity contribution is -0.136. The molecule has 0 N–H and O–H groups in total. The normalized spacial score (nSPS) is 11.9. The molecule has 0 saturated heterocycles. The van der Waals surface area contributed by atoms with Crippen LogP contribution >= 0.6 is 15.9 Å². The molecule has 0 fully saturated rings. The van der Waals surface area contributed by atoms with Crippen LogP contribution in [0.25, 0.3) is 0 Å². The van der Waals surface area contributed by atoms with Crippen LogP contribution in [0.1, 0.15) is 39.1 Å². The van der Waals surface area contributed by atoms with Gasteiger partial charge < -0.3 is 4.74 Å². The number of carbonyl (C=O) groups excluding carboxylic acids is 1. The number of nitrogens with zero attached hydrogens (tertiary/aromatic N) is 2. The highest BCUT2D eigenvalue weighted by Crippen LogP contribution is 2.24. The molecular formula is C13H21BrN2O2. The lowest BCUT2D eigenvalue weighted by Crippen LogP contribution is -2.35. The van der Waals surface area contributed by atoms with Gasteiger partial charge in [0.25, 0.3) is 0 Å². The van der Waals surface area contributed by atoms with Gasteiger partial charge in [0.2, 0.25) is 0 Å². The second-order valence-corrected chi connectivity index (χ2v) is 5.48. The van der Waals surface area contributed by atoms with Gasteiger partial charge in [-0.2, -0.15) is 5.10 Å². The molecule has 0 saturated carbocycles. The van der Waals surface area contributed by atoms with E-state index >= 15 is 0 Å². The minimum absolute atomic E-state index is 0.0583. The van der Waals surface area contributed by atoms with E-state index in [4.69, 9.17) is 4.74 Å². The molecule has 18 heavy (non-hydrogen) atoms. The van der Waals surface area contributed by atoms with Crippen molar-refractivity contribution in [2.24, 2.45) is 0 Å². The Labute approximate surface area is 117 Å². The molecule has 0 aliphatic carbocycles. The quantitative estimate of drug-likeness (QED) is 0.810. The molecule has 0 aliphatic rings. The fraction of sp³-hybridized carbons (Fsp3) is 0.692. The summed E-state index contributed by atoms with van der Waals surface area (Å²) in [7, 11) is 1.56. The number of halogens is 1. The zero-order chi connectivity index (χ0) is 13.9. The van der Waals surface area contributed by atoms with Crippen LogP contribution < -0.4 is 0 Å². The molecule has 1 heterocycles. The Morgan fingerprint density at radius 1 is 1.44 bits per heavy atom. The number of rotatable bonds is 6. The van der Waals surface area contributed by atoms with Gasteiger partial charge >= 0.3 is 0 Å². The number of aromatic nitrogens is 2. The van der Waals surface area contributed by atoms with Crippen LogP contribution in [0.4, 0.5) is 0 Å². The fourth-order valence-electron chi connectivity index (χ4n) is 1.66. The van der Waals surface area contributed by atoms with E-state index in [1.54, 1.807) is 21.0 Å². The van der Waals surface area contributed by atoms with Gasteiger partial charge in [0.1, 0.15) is 5.60 Å². The summed E-state index contributed by atoms with van der Waals surface area (Å²) in [4.78, 5) is 12.2. The number of methoxy groups -OCH3 is 1. The van der Waals surface area contributed by atoms with E-state index in [0.717, 1.165) is 28.8 Å². The molecule has 102 valence electrons.